The SMILES string of the molecule is CCCCCC(C)(CCC1C(OC2CCCCO2)CC(O)C1CC=O)OC1CCCCO1. The van der Waals surface area contributed by atoms with Crippen LogP contribution in [0.3, 0.4) is 0 Å². The predicted molar refractivity (Wildman–Crippen MR) is 123 cm³/mol. The number of carbonyl (C=O) groups is 1. The van der Waals surface area contributed by atoms with Gasteiger partial charge in [-0.15, -0.1) is 0 Å². The molecule has 7 atom stereocenters. The highest BCUT2D eigenvalue weighted by Crippen LogP contribution is 2.42. The fourth-order valence-corrected chi connectivity index (χ4v) is 5.75. The first-order valence-corrected chi connectivity index (χ1v) is 13.2. The summed E-state index contributed by atoms with van der Waals surface area (Å²) in [6.45, 7) is 5.97. The number of carbonyl (C=O) groups excluding carboxylic acids is 1. The van der Waals surface area contributed by atoms with Crippen molar-refractivity contribution in [2.24, 2.45) is 11.8 Å². The monoisotopic (exact) mass is 454 g/mol. The zero-order valence-electron chi connectivity index (χ0n) is 20.3. The second-order valence-corrected chi connectivity index (χ2v) is 10.4. The third kappa shape index (κ3) is 7.76. The third-order valence-corrected chi connectivity index (χ3v) is 7.70. The largest absolute Gasteiger partial charge is 0.393 e. The van der Waals surface area contributed by atoms with Gasteiger partial charge in [-0.25, -0.2) is 0 Å². The van der Waals surface area contributed by atoms with Crippen molar-refractivity contribution in [1.82, 2.24) is 0 Å². The lowest BCUT2D eigenvalue weighted by Crippen LogP contribution is -2.38. The van der Waals surface area contributed by atoms with Crippen LogP contribution in [0.1, 0.15) is 104 Å². The Labute approximate surface area is 194 Å². The Balaban J connectivity index is 1.64. The van der Waals surface area contributed by atoms with Crippen LogP contribution in [0.4, 0.5) is 0 Å². The summed E-state index contributed by atoms with van der Waals surface area (Å²) >= 11 is 0. The number of aliphatic hydroxyl groups excluding tert-OH is 1. The zero-order valence-corrected chi connectivity index (χ0v) is 20.3. The maximum absolute atomic E-state index is 11.4. The molecular weight excluding hydrogens is 408 g/mol. The number of hydrogen-bond donors (Lipinski definition) is 1. The fourth-order valence-electron chi connectivity index (χ4n) is 5.75. The smallest absolute Gasteiger partial charge is 0.158 e. The molecule has 186 valence electrons. The van der Waals surface area contributed by atoms with Gasteiger partial charge in [-0.1, -0.05) is 26.2 Å². The number of ether oxygens (including phenoxy) is 4. The van der Waals surface area contributed by atoms with Crippen LogP contribution in [0, 0.1) is 11.8 Å². The molecule has 0 spiro atoms. The van der Waals surface area contributed by atoms with Crippen LogP contribution in [0.5, 0.6) is 0 Å². The average Bonchev–Trinajstić information content (AvgIpc) is 3.08. The molecule has 1 N–H and O–H groups in total. The molecule has 0 aromatic rings. The molecule has 2 aliphatic heterocycles. The van der Waals surface area contributed by atoms with E-state index in [-0.39, 0.29) is 36.1 Å². The summed E-state index contributed by atoms with van der Waals surface area (Å²) in [6.07, 6.45) is 13.7. The molecule has 7 unspecified atom stereocenters. The first-order valence-electron chi connectivity index (χ1n) is 13.2. The van der Waals surface area contributed by atoms with Gasteiger partial charge >= 0.3 is 0 Å². The average molecular weight is 455 g/mol. The van der Waals surface area contributed by atoms with E-state index in [0.29, 0.717) is 12.8 Å². The fraction of sp³-hybridized carbons (Fsp3) is 0.962. The molecule has 2 heterocycles. The highest BCUT2D eigenvalue weighted by atomic mass is 16.7. The van der Waals surface area contributed by atoms with Crippen molar-refractivity contribution in [3.63, 3.8) is 0 Å². The molecular formula is C26H46O6. The summed E-state index contributed by atoms with van der Waals surface area (Å²) in [5.41, 5.74) is -0.262. The van der Waals surface area contributed by atoms with Crippen molar-refractivity contribution in [1.29, 1.82) is 0 Å². The minimum Gasteiger partial charge on any atom is -0.393 e. The minimum absolute atomic E-state index is 0.0492. The first kappa shape index (κ1) is 26.1. The molecule has 0 bridgehead atoms. The number of aldehydes is 1. The van der Waals surface area contributed by atoms with Crippen molar-refractivity contribution in [3.05, 3.63) is 0 Å². The van der Waals surface area contributed by atoms with E-state index in [2.05, 4.69) is 13.8 Å². The van der Waals surface area contributed by atoms with Gasteiger partial charge in [0.2, 0.25) is 0 Å². The lowest BCUT2D eigenvalue weighted by Gasteiger charge is -2.38. The van der Waals surface area contributed by atoms with E-state index in [0.717, 1.165) is 83.7 Å². The Kier molecular flexibility index (Phi) is 10.9. The molecule has 3 aliphatic rings. The second kappa shape index (κ2) is 13.4. The Morgan fingerprint density at radius 3 is 2.34 bits per heavy atom. The number of aliphatic hydroxyl groups is 1. The van der Waals surface area contributed by atoms with E-state index >= 15 is 0 Å². The summed E-state index contributed by atoms with van der Waals surface area (Å²) in [5, 5.41) is 10.7. The molecule has 3 fully saturated rings. The lowest BCUT2D eigenvalue weighted by atomic mass is 9.82. The third-order valence-electron chi connectivity index (χ3n) is 7.70. The first-order chi connectivity index (χ1) is 15.5. The second-order valence-electron chi connectivity index (χ2n) is 10.4. The molecule has 1 aliphatic carbocycles. The van der Waals surface area contributed by atoms with Gasteiger partial charge < -0.3 is 28.8 Å². The molecule has 6 nitrogen and oxygen atoms in total. The van der Waals surface area contributed by atoms with Crippen molar-refractivity contribution in [2.75, 3.05) is 13.2 Å². The summed E-state index contributed by atoms with van der Waals surface area (Å²) < 4.78 is 24.7. The molecule has 0 amide bonds. The Hall–Kier alpha value is -0.530. The molecule has 3 rings (SSSR count). The molecule has 0 aromatic heterocycles. The van der Waals surface area contributed by atoms with Crippen LogP contribution in [0.2, 0.25) is 0 Å². The molecule has 32 heavy (non-hydrogen) atoms. The van der Waals surface area contributed by atoms with Gasteiger partial charge in [0.05, 0.1) is 17.8 Å². The minimum atomic E-state index is -0.493. The van der Waals surface area contributed by atoms with Gasteiger partial charge in [0.25, 0.3) is 0 Å². The number of rotatable bonds is 13. The zero-order chi connectivity index (χ0) is 22.8. The predicted octanol–water partition coefficient (Wildman–Crippen LogP) is 5.15. The molecule has 6 heteroatoms. The molecule has 2 saturated heterocycles. The molecule has 0 aromatic carbocycles. The maximum Gasteiger partial charge on any atom is 0.158 e. The normalized spacial score (nSPS) is 35.5. The van der Waals surface area contributed by atoms with Gasteiger partial charge in [-0.3, -0.25) is 0 Å². The summed E-state index contributed by atoms with van der Waals surface area (Å²) in [6, 6.07) is 0. The quantitative estimate of drug-likeness (QED) is 0.307. The van der Waals surface area contributed by atoms with E-state index in [9.17, 15) is 9.90 Å². The van der Waals surface area contributed by atoms with E-state index in [4.69, 9.17) is 18.9 Å². The van der Waals surface area contributed by atoms with Crippen LogP contribution in [0.25, 0.3) is 0 Å². The van der Waals surface area contributed by atoms with Crippen molar-refractivity contribution in [3.8, 4) is 0 Å². The lowest BCUT2D eigenvalue weighted by molar-refractivity contribution is -0.227. The van der Waals surface area contributed by atoms with E-state index in [1.165, 1.54) is 12.8 Å². The van der Waals surface area contributed by atoms with Crippen LogP contribution < -0.4 is 0 Å². The maximum atomic E-state index is 11.4. The number of hydrogen-bond acceptors (Lipinski definition) is 6. The van der Waals surface area contributed by atoms with E-state index < -0.39 is 6.10 Å². The Morgan fingerprint density at radius 1 is 1.00 bits per heavy atom. The highest BCUT2D eigenvalue weighted by molar-refractivity contribution is 5.50. The van der Waals surface area contributed by atoms with Gasteiger partial charge in [0.15, 0.2) is 12.6 Å². The van der Waals surface area contributed by atoms with Gasteiger partial charge in [-0.05, 0) is 76.5 Å². The van der Waals surface area contributed by atoms with Gasteiger partial charge in [-0.2, -0.15) is 0 Å². The van der Waals surface area contributed by atoms with Crippen LogP contribution >= 0.6 is 0 Å². The summed E-state index contributed by atoms with van der Waals surface area (Å²) in [4.78, 5) is 11.4. The van der Waals surface area contributed by atoms with Crippen LogP contribution in [0.15, 0.2) is 0 Å². The van der Waals surface area contributed by atoms with Crippen molar-refractivity contribution in [2.45, 2.75) is 134 Å². The molecule has 1 saturated carbocycles. The highest BCUT2D eigenvalue weighted by Gasteiger charge is 2.45. The van der Waals surface area contributed by atoms with Gasteiger partial charge in [0, 0.05) is 26.1 Å². The summed E-state index contributed by atoms with van der Waals surface area (Å²) in [5.74, 6) is 0.0917. The van der Waals surface area contributed by atoms with Crippen LogP contribution in [-0.4, -0.2) is 55.0 Å². The van der Waals surface area contributed by atoms with Crippen molar-refractivity contribution < 1.29 is 28.8 Å². The van der Waals surface area contributed by atoms with Crippen LogP contribution in [-0.2, 0) is 23.7 Å². The van der Waals surface area contributed by atoms with Gasteiger partial charge in [0.1, 0.15) is 6.29 Å². The summed E-state index contributed by atoms with van der Waals surface area (Å²) in [7, 11) is 0. The van der Waals surface area contributed by atoms with E-state index in [1.54, 1.807) is 0 Å². The van der Waals surface area contributed by atoms with E-state index in [1.807, 2.05) is 0 Å². The topological polar surface area (TPSA) is 74.2 Å². The molecule has 0 radical (unpaired) electrons. The number of unbranched alkanes of at least 4 members (excludes halogenated alkanes) is 2. The Bertz CT molecular complexity index is 530. The van der Waals surface area contributed by atoms with Crippen molar-refractivity contribution >= 4 is 6.29 Å². The standard InChI is InChI=1S/C26H46O6/c1-3-4-7-14-26(2,32-25-11-6-9-18-30-25)15-12-21-20(13-16-27)22(28)19-23(21)31-24-10-5-8-17-29-24/h16,20-25,28H,3-15,17-19H2,1-2H3. The Morgan fingerprint density at radius 2 is 1.72 bits per heavy atom.